The molecule has 0 spiro atoms. The molecule has 1 fully saturated rings. The van der Waals surface area contributed by atoms with Gasteiger partial charge in [0.15, 0.2) is 0 Å². The van der Waals surface area contributed by atoms with Crippen molar-refractivity contribution in [2.45, 2.75) is 18.8 Å². The number of aromatic amines is 1. The molecule has 1 aliphatic rings. The Morgan fingerprint density at radius 2 is 1.97 bits per heavy atom. The fraction of sp³-hybridized carbons (Fsp3) is 0.227. The van der Waals surface area contributed by atoms with Crippen molar-refractivity contribution >= 4 is 22.8 Å². The monoisotopic (exact) mass is 386 g/mol. The van der Waals surface area contributed by atoms with E-state index in [0.717, 1.165) is 47.6 Å². The van der Waals surface area contributed by atoms with E-state index in [4.69, 9.17) is 4.98 Å². The normalized spacial score (nSPS) is 16.8. The molecule has 2 aromatic heterocycles. The van der Waals surface area contributed by atoms with Gasteiger partial charge in [-0.15, -0.1) is 0 Å². The average molecular weight is 386 g/mol. The number of amides is 2. The molecule has 1 saturated heterocycles. The van der Waals surface area contributed by atoms with Crippen molar-refractivity contribution in [2.75, 3.05) is 18.4 Å². The van der Waals surface area contributed by atoms with Crippen LogP contribution in [0.4, 0.5) is 10.5 Å². The van der Waals surface area contributed by atoms with Crippen molar-refractivity contribution in [3.05, 3.63) is 72.8 Å². The van der Waals surface area contributed by atoms with Crippen molar-refractivity contribution in [3.63, 3.8) is 0 Å². The number of nitrogens with zero attached hydrogens (tertiary/aromatic N) is 4. The highest BCUT2D eigenvalue weighted by atomic mass is 16.2. The minimum Gasteiger partial charge on any atom is -0.342 e. The molecule has 1 aliphatic heterocycles. The first-order valence-corrected chi connectivity index (χ1v) is 9.87. The van der Waals surface area contributed by atoms with E-state index in [2.05, 4.69) is 15.4 Å². The number of fused-ring (bicyclic) bond motifs is 1. The molecule has 0 saturated carbocycles. The molecule has 146 valence electrons. The maximum absolute atomic E-state index is 13.0. The van der Waals surface area contributed by atoms with Gasteiger partial charge in [-0.2, -0.15) is 5.10 Å². The fourth-order valence-corrected chi connectivity index (χ4v) is 3.94. The molecule has 0 bridgehead atoms. The van der Waals surface area contributed by atoms with Crippen molar-refractivity contribution < 1.29 is 4.79 Å². The van der Waals surface area contributed by atoms with Gasteiger partial charge in [-0.3, -0.25) is 0 Å². The summed E-state index contributed by atoms with van der Waals surface area (Å²) >= 11 is 0. The van der Waals surface area contributed by atoms with Crippen LogP contribution in [0.15, 0.2) is 67.0 Å². The van der Waals surface area contributed by atoms with Crippen LogP contribution in [0.2, 0.25) is 0 Å². The summed E-state index contributed by atoms with van der Waals surface area (Å²) in [4.78, 5) is 23.0. The number of likely N-dealkylation sites (tertiary alicyclic amines) is 1. The number of H-pyrrole nitrogens is 1. The van der Waals surface area contributed by atoms with Gasteiger partial charge in [-0.25, -0.2) is 14.5 Å². The van der Waals surface area contributed by atoms with Crippen LogP contribution in [0, 0.1) is 0 Å². The van der Waals surface area contributed by atoms with Gasteiger partial charge < -0.3 is 15.2 Å². The Kier molecular flexibility index (Phi) is 4.48. The Labute approximate surface area is 168 Å². The lowest BCUT2D eigenvalue weighted by Gasteiger charge is -2.32. The minimum atomic E-state index is -0.0922. The lowest BCUT2D eigenvalue weighted by molar-refractivity contribution is 0.191. The number of anilines is 1. The van der Waals surface area contributed by atoms with Gasteiger partial charge in [0, 0.05) is 31.4 Å². The summed E-state index contributed by atoms with van der Waals surface area (Å²) in [6.07, 6.45) is 5.56. The van der Waals surface area contributed by atoms with Gasteiger partial charge in [0.05, 0.1) is 22.4 Å². The van der Waals surface area contributed by atoms with Gasteiger partial charge in [0.25, 0.3) is 0 Å². The molecule has 4 aromatic rings. The quantitative estimate of drug-likeness (QED) is 0.555. The molecular formula is C22H22N6O. The largest absolute Gasteiger partial charge is 0.342 e. The van der Waals surface area contributed by atoms with Gasteiger partial charge in [0.1, 0.15) is 5.82 Å². The van der Waals surface area contributed by atoms with E-state index in [1.54, 1.807) is 10.9 Å². The van der Waals surface area contributed by atoms with E-state index < -0.39 is 0 Å². The predicted molar refractivity (Wildman–Crippen MR) is 112 cm³/mol. The Balaban J connectivity index is 1.33. The van der Waals surface area contributed by atoms with Crippen molar-refractivity contribution in [1.82, 2.24) is 24.6 Å². The van der Waals surface area contributed by atoms with Crippen LogP contribution in [0.1, 0.15) is 24.6 Å². The fourth-order valence-electron chi connectivity index (χ4n) is 3.94. The zero-order valence-corrected chi connectivity index (χ0v) is 16.0. The molecule has 2 aromatic carbocycles. The zero-order valence-electron chi connectivity index (χ0n) is 16.0. The van der Waals surface area contributed by atoms with Gasteiger partial charge >= 0.3 is 6.03 Å². The van der Waals surface area contributed by atoms with E-state index >= 15 is 0 Å². The summed E-state index contributed by atoms with van der Waals surface area (Å²) in [7, 11) is 0. The van der Waals surface area contributed by atoms with Crippen molar-refractivity contribution in [2.24, 2.45) is 0 Å². The lowest BCUT2D eigenvalue weighted by atomic mass is 9.97. The number of benzene rings is 2. The van der Waals surface area contributed by atoms with Crippen LogP contribution in [-0.4, -0.2) is 43.8 Å². The number of aromatic nitrogens is 4. The number of carbonyl (C=O) groups excluding carboxylic acids is 1. The molecule has 5 rings (SSSR count). The topological polar surface area (TPSA) is 78.8 Å². The third-order valence-corrected chi connectivity index (χ3v) is 5.40. The first kappa shape index (κ1) is 17.5. The summed E-state index contributed by atoms with van der Waals surface area (Å²) in [6, 6.07) is 17.5. The van der Waals surface area contributed by atoms with Gasteiger partial charge in [-0.1, -0.05) is 24.3 Å². The molecule has 7 nitrogen and oxygen atoms in total. The third-order valence-electron chi connectivity index (χ3n) is 5.40. The second kappa shape index (κ2) is 7.43. The number of nitrogens with one attached hydrogen (secondary N) is 2. The Bertz CT molecular complexity index is 1100. The van der Waals surface area contributed by atoms with E-state index in [-0.39, 0.29) is 11.9 Å². The highest BCUT2D eigenvalue weighted by molar-refractivity contribution is 5.91. The number of hydrogen-bond donors (Lipinski definition) is 2. The molecule has 0 aliphatic carbocycles. The number of imidazole rings is 1. The first-order valence-electron chi connectivity index (χ1n) is 9.87. The molecule has 29 heavy (non-hydrogen) atoms. The highest BCUT2D eigenvalue weighted by Gasteiger charge is 2.27. The summed E-state index contributed by atoms with van der Waals surface area (Å²) in [6.45, 7) is 1.39. The predicted octanol–water partition coefficient (Wildman–Crippen LogP) is 4.16. The Morgan fingerprint density at radius 3 is 2.83 bits per heavy atom. The summed E-state index contributed by atoms with van der Waals surface area (Å²) < 4.78 is 1.75. The summed E-state index contributed by atoms with van der Waals surface area (Å²) in [5.74, 6) is 1.17. The average Bonchev–Trinajstić information content (AvgIpc) is 3.44. The molecule has 7 heteroatoms. The van der Waals surface area contributed by atoms with E-state index in [1.807, 2.05) is 65.7 Å². The first-order chi connectivity index (χ1) is 14.3. The van der Waals surface area contributed by atoms with E-state index in [1.165, 1.54) is 0 Å². The van der Waals surface area contributed by atoms with Gasteiger partial charge in [-0.05, 0) is 43.2 Å². The number of rotatable bonds is 3. The number of urea groups is 1. The number of hydrogen-bond acceptors (Lipinski definition) is 3. The molecule has 0 radical (unpaired) electrons. The van der Waals surface area contributed by atoms with Crippen LogP contribution >= 0.6 is 0 Å². The van der Waals surface area contributed by atoms with Crippen LogP contribution in [0.25, 0.3) is 16.7 Å². The maximum Gasteiger partial charge on any atom is 0.321 e. The maximum atomic E-state index is 13.0. The third kappa shape index (κ3) is 3.47. The minimum absolute atomic E-state index is 0.0922. The second-order valence-corrected chi connectivity index (χ2v) is 7.32. The van der Waals surface area contributed by atoms with E-state index in [0.29, 0.717) is 6.54 Å². The number of para-hydroxylation sites is 4. The highest BCUT2D eigenvalue weighted by Crippen LogP contribution is 2.27. The van der Waals surface area contributed by atoms with Crippen molar-refractivity contribution in [1.29, 1.82) is 0 Å². The number of piperidine rings is 1. The Hall–Kier alpha value is -3.61. The smallest absolute Gasteiger partial charge is 0.321 e. The Morgan fingerprint density at radius 1 is 1.10 bits per heavy atom. The van der Waals surface area contributed by atoms with Gasteiger partial charge in [0.2, 0.25) is 0 Å². The molecule has 2 N–H and O–H groups in total. The summed E-state index contributed by atoms with van der Waals surface area (Å²) in [5, 5.41) is 7.34. The van der Waals surface area contributed by atoms with Crippen LogP contribution in [-0.2, 0) is 0 Å². The van der Waals surface area contributed by atoms with E-state index in [9.17, 15) is 4.79 Å². The SMILES string of the molecule is O=C(Nc1ccccc1-n1cccn1)N1CCC[C@@H](c2nc3ccccc3[nH]2)C1. The van der Waals surface area contributed by atoms with Crippen LogP contribution in [0.5, 0.6) is 0 Å². The van der Waals surface area contributed by atoms with Crippen LogP contribution in [0.3, 0.4) is 0 Å². The zero-order chi connectivity index (χ0) is 19.6. The molecule has 1 atom stereocenters. The summed E-state index contributed by atoms with van der Waals surface area (Å²) in [5.41, 5.74) is 3.60. The van der Waals surface area contributed by atoms with Crippen molar-refractivity contribution in [3.8, 4) is 5.69 Å². The second-order valence-electron chi connectivity index (χ2n) is 7.32. The molecule has 3 heterocycles. The molecule has 0 unspecified atom stereocenters. The molecular weight excluding hydrogens is 364 g/mol. The van der Waals surface area contributed by atoms with Crippen LogP contribution < -0.4 is 5.32 Å². The standard InChI is InChI=1S/C22H22N6O/c29-22(26-19-10-3-4-11-20(19)28-14-6-12-23-28)27-13-5-7-16(15-27)21-24-17-8-1-2-9-18(17)25-21/h1-4,6,8-12,14,16H,5,7,13,15H2,(H,24,25)(H,26,29)/t16-/m1/s1. The lowest BCUT2D eigenvalue weighted by Crippen LogP contribution is -2.42. The number of carbonyl (C=O) groups is 1. The molecule has 2 amide bonds.